The van der Waals surface area contributed by atoms with Gasteiger partial charge in [0, 0.05) is 30.3 Å². The first-order valence-corrected chi connectivity index (χ1v) is 9.14. The fourth-order valence-corrected chi connectivity index (χ4v) is 4.38. The summed E-state index contributed by atoms with van der Waals surface area (Å²) in [6.45, 7) is 2.07. The number of likely N-dealkylation sites (tertiary alicyclic amines) is 1. The highest BCUT2D eigenvalue weighted by Gasteiger charge is 2.36. The van der Waals surface area contributed by atoms with Crippen LogP contribution >= 0.6 is 36.2 Å². The second-order valence-corrected chi connectivity index (χ2v) is 7.46. The number of thiazole rings is 1. The van der Waals surface area contributed by atoms with Crippen LogP contribution in [-0.4, -0.2) is 35.4 Å². The van der Waals surface area contributed by atoms with Crippen molar-refractivity contribution in [3.8, 4) is 0 Å². The van der Waals surface area contributed by atoms with E-state index in [4.69, 9.17) is 5.73 Å². The van der Waals surface area contributed by atoms with Crippen LogP contribution in [0.4, 0.5) is 0 Å². The van der Waals surface area contributed by atoms with Crippen LogP contribution in [0.25, 0.3) is 0 Å². The van der Waals surface area contributed by atoms with Gasteiger partial charge in [0.2, 0.25) is 0 Å². The predicted octanol–water partition coefficient (Wildman–Crippen LogP) is 3.68. The molecule has 2 N–H and O–H groups in total. The maximum atomic E-state index is 12.8. The molecule has 0 spiro atoms. The first-order chi connectivity index (χ1) is 11.3. The van der Waals surface area contributed by atoms with Crippen molar-refractivity contribution < 1.29 is 4.79 Å². The molecule has 2 aromatic rings. The van der Waals surface area contributed by atoms with Crippen LogP contribution in [0.5, 0.6) is 0 Å². The first-order valence-electron chi connectivity index (χ1n) is 8.26. The molecule has 1 saturated carbocycles. The number of benzene rings is 1. The Balaban J connectivity index is 0.00000113. The molecule has 1 aromatic carbocycles. The molecule has 1 amide bonds. The van der Waals surface area contributed by atoms with Crippen molar-refractivity contribution in [1.29, 1.82) is 0 Å². The number of halogens is 2. The molecule has 25 heavy (non-hydrogen) atoms. The minimum atomic E-state index is 0. The average molecular weight is 400 g/mol. The smallest absolute Gasteiger partial charge is 0.273 e. The number of nitrogens with zero attached hydrogens (tertiary/aromatic N) is 2. The lowest BCUT2D eigenvalue weighted by Gasteiger charge is -2.16. The summed E-state index contributed by atoms with van der Waals surface area (Å²) in [5, 5.41) is 3.05. The lowest BCUT2D eigenvalue weighted by atomic mass is 9.89. The molecule has 2 atom stereocenters. The second kappa shape index (κ2) is 8.49. The molecule has 1 aromatic heterocycles. The van der Waals surface area contributed by atoms with E-state index in [0.29, 0.717) is 30.0 Å². The number of aromatic nitrogens is 1. The summed E-state index contributed by atoms with van der Waals surface area (Å²) < 4.78 is 0. The van der Waals surface area contributed by atoms with Gasteiger partial charge in [-0.2, -0.15) is 0 Å². The summed E-state index contributed by atoms with van der Waals surface area (Å²) >= 11 is 1.63. The maximum absolute atomic E-state index is 12.8. The quantitative estimate of drug-likeness (QED) is 0.852. The van der Waals surface area contributed by atoms with E-state index >= 15 is 0 Å². The molecule has 7 heteroatoms. The highest BCUT2D eigenvalue weighted by atomic mass is 35.5. The maximum Gasteiger partial charge on any atom is 0.273 e. The molecular formula is C18H23Cl2N3OS. The monoisotopic (exact) mass is 399 g/mol. The molecule has 4 rings (SSSR count). The van der Waals surface area contributed by atoms with Crippen molar-refractivity contribution in [3.05, 3.63) is 52.0 Å². The Bertz CT molecular complexity index is 705. The SMILES string of the molecule is Cl.Cl.NC[C@@H]1CN(C(=O)c2csc(C3CC3)n2)C[C@H]1c1ccccc1. The molecule has 2 aliphatic rings. The summed E-state index contributed by atoms with van der Waals surface area (Å²) in [4.78, 5) is 19.3. The van der Waals surface area contributed by atoms with Gasteiger partial charge in [-0.05, 0) is 30.9 Å². The first kappa shape index (κ1) is 20.2. The number of hydrogen-bond donors (Lipinski definition) is 1. The van der Waals surface area contributed by atoms with Crippen LogP contribution in [0.1, 0.15) is 45.7 Å². The van der Waals surface area contributed by atoms with Gasteiger partial charge in [0.15, 0.2) is 0 Å². The Morgan fingerprint density at radius 2 is 1.92 bits per heavy atom. The Kier molecular flexibility index (Phi) is 6.86. The van der Waals surface area contributed by atoms with Crippen molar-refractivity contribution in [1.82, 2.24) is 9.88 Å². The van der Waals surface area contributed by atoms with Crippen molar-refractivity contribution in [2.75, 3.05) is 19.6 Å². The van der Waals surface area contributed by atoms with Crippen molar-refractivity contribution in [3.63, 3.8) is 0 Å². The summed E-state index contributed by atoms with van der Waals surface area (Å²) in [6, 6.07) is 10.4. The molecule has 2 fully saturated rings. The number of carbonyl (C=O) groups excluding carboxylic acids is 1. The Labute approximate surface area is 164 Å². The largest absolute Gasteiger partial charge is 0.336 e. The zero-order chi connectivity index (χ0) is 15.8. The van der Waals surface area contributed by atoms with Gasteiger partial charge in [-0.25, -0.2) is 4.98 Å². The van der Waals surface area contributed by atoms with Crippen LogP contribution in [0.2, 0.25) is 0 Å². The summed E-state index contributed by atoms with van der Waals surface area (Å²) in [5.41, 5.74) is 7.85. The lowest BCUT2D eigenvalue weighted by Crippen LogP contribution is -2.30. The molecule has 136 valence electrons. The second-order valence-electron chi connectivity index (χ2n) is 6.57. The van der Waals surface area contributed by atoms with E-state index in [1.807, 2.05) is 16.3 Å². The standard InChI is InChI=1S/C18H21N3OS.2ClH/c19-8-14-9-21(10-15(14)12-4-2-1-3-5-12)18(22)16-11-23-17(20-16)13-6-7-13;;/h1-5,11,13-15H,6-10,19H2;2*1H/t14-,15+;;/m1../s1. The number of amides is 1. The predicted molar refractivity (Wildman–Crippen MR) is 106 cm³/mol. The molecule has 1 aliphatic heterocycles. The molecule has 2 heterocycles. The van der Waals surface area contributed by atoms with Gasteiger partial charge in [0.05, 0.1) is 5.01 Å². The van der Waals surface area contributed by atoms with E-state index in [2.05, 4.69) is 29.2 Å². The van der Waals surface area contributed by atoms with E-state index in [1.54, 1.807) is 11.3 Å². The summed E-state index contributed by atoms with van der Waals surface area (Å²) in [7, 11) is 0. The van der Waals surface area contributed by atoms with Gasteiger partial charge in [0.25, 0.3) is 5.91 Å². The molecule has 0 bridgehead atoms. The molecule has 1 saturated heterocycles. The zero-order valence-electron chi connectivity index (χ0n) is 13.8. The Morgan fingerprint density at radius 3 is 2.56 bits per heavy atom. The lowest BCUT2D eigenvalue weighted by molar-refractivity contribution is 0.0781. The van der Waals surface area contributed by atoms with E-state index in [-0.39, 0.29) is 30.7 Å². The minimum Gasteiger partial charge on any atom is -0.336 e. The topological polar surface area (TPSA) is 59.2 Å². The van der Waals surface area contributed by atoms with Crippen LogP contribution in [0.3, 0.4) is 0 Å². The average Bonchev–Trinajstić information content (AvgIpc) is 3.17. The van der Waals surface area contributed by atoms with Gasteiger partial charge in [0.1, 0.15) is 5.69 Å². The minimum absolute atomic E-state index is 0. The van der Waals surface area contributed by atoms with Crippen LogP contribution in [-0.2, 0) is 0 Å². The highest BCUT2D eigenvalue weighted by Crippen LogP contribution is 2.41. The van der Waals surface area contributed by atoms with Gasteiger partial charge < -0.3 is 10.6 Å². The van der Waals surface area contributed by atoms with E-state index in [0.717, 1.165) is 18.1 Å². The zero-order valence-corrected chi connectivity index (χ0v) is 16.3. The Hall–Kier alpha value is -1.14. The molecule has 0 unspecified atom stereocenters. The van der Waals surface area contributed by atoms with E-state index in [1.165, 1.54) is 18.4 Å². The molecule has 1 aliphatic carbocycles. The Morgan fingerprint density at radius 1 is 1.20 bits per heavy atom. The van der Waals surface area contributed by atoms with Gasteiger partial charge in [-0.1, -0.05) is 30.3 Å². The molecule has 0 radical (unpaired) electrons. The van der Waals surface area contributed by atoms with Crippen molar-refractivity contribution >= 4 is 42.1 Å². The molecular weight excluding hydrogens is 377 g/mol. The van der Waals surface area contributed by atoms with Gasteiger partial charge in [-0.15, -0.1) is 36.2 Å². The van der Waals surface area contributed by atoms with Gasteiger partial charge in [-0.3, -0.25) is 4.79 Å². The molecule has 4 nitrogen and oxygen atoms in total. The van der Waals surface area contributed by atoms with Crippen LogP contribution < -0.4 is 5.73 Å². The number of hydrogen-bond acceptors (Lipinski definition) is 4. The third-order valence-electron chi connectivity index (χ3n) is 4.93. The van der Waals surface area contributed by atoms with Gasteiger partial charge >= 0.3 is 0 Å². The normalized spacial score (nSPS) is 22.2. The summed E-state index contributed by atoms with van der Waals surface area (Å²) in [5.74, 6) is 1.31. The fraction of sp³-hybridized carbons (Fsp3) is 0.444. The van der Waals surface area contributed by atoms with E-state index < -0.39 is 0 Å². The van der Waals surface area contributed by atoms with Crippen LogP contribution in [0, 0.1) is 5.92 Å². The number of carbonyl (C=O) groups is 1. The van der Waals surface area contributed by atoms with Crippen LogP contribution in [0.15, 0.2) is 35.7 Å². The van der Waals surface area contributed by atoms with Crippen molar-refractivity contribution in [2.24, 2.45) is 11.7 Å². The summed E-state index contributed by atoms with van der Waals surface area (Å²) in [6.07, 6.45) is 2.44. The third kappa shape index (κ3) is 4.17. The highest BCUT2D eigenvalue weighted by molar-refractivity contribution is 7.10. The van der Waals surface area contributed by atoms with E-state index in [9.17, 15) is 4.79 Å². The number of nitrogens with two attached hydrogens (primary N) is 1. The third-order valence-corrected chi connectivity index (χ3v) is 5.93. The fourth-order valence-electron chi connectivity index (χ4n) is 3.42. The van der Waals surface area contributed by atoms with Crippen molar-refractivity contribution in [2.45, 2.75) is 24.7 Å². The number of rotatable bonds is 4.